The van der Waals surface area contributed by atoms with Gasteiger partial charge in [-0.05, 0) is 55.5 Å². The predicted octanol–water partition coefficient (Wildman–Crippen LogP) is 4.91. The van der Waals surface area contributed by atoms with Crippen molar-refractivity contribution >= 4 is 49.3 Å². The number of benzene rings is 3. The van der Waals surface area contributed by atoms with E-state index in [9.17, 15) is 13.2 Å². The monoisotopic (exact) mass is 490 g/mol. The first-order valence-corrected chi connectivity index (χ1v) is 11.8. The summed E-state index contributed by atoms with van der Waals surface area (Å²) >= 11 is 4.79. The Labute approximate surface area is 183 Å². The highest BCUT2D eigenvalue weighted by Gasteiger charge is 2.22. The van der Waals surface area contributed by atoms with Crippen molar-refractivity contribution in [2.24, 2.45) is 0 Å². The molecule has 0 aliphatic heterocycles. The fraction of sp³-hybridized carbons (Fsp3) is 0.0952. The van der Waals surface area contributed by atoms with Crippen LogP contribution in [0.25, 0.3) is 0 Å². The molecule has 0 unspecified atom stereocenters. The molecule has 1 amide bonds. The van der Waals surface area contributed by atoms with Gasteiger partial charge in [0, 0.05) is 14.3 Å². The second-order valence-electron chi connectivity index (χ2n) is 6.20. The summed E-state index contributed by atoms with van der Waals surface area (Å²) in [6.07, 6.45) is 0. The molecule has 0 radical (unpaired) electrons. The molecule has 0 aliphatic carbocycles. The van der Waals surface area contributed by atoms with Crippen LogP contribution >= 0.6 is 27.7 Å². The Bertz CT molecular complexity index is 1090. The molecule has 29 heavy (non-hydrogen) atoms. The van der Waals surface area contributed by atoms with Crippen molar-refractivity contribution in [2.45, 2.75) is 27.7 Å². The van der Waals surface area contributed by atoms with E-state index in [4.69, 9.17) is 0 Å². The van der Waals surface area contributed by atoms with Gasteiger partial charge in [0.15, 0.2) is 0 Å². The molecule has 0 spiro atoms. The number of nitrogens with one attached hydrogen (secondary N) is 2. The number of anilines is 1. The van der Waals surface area contributed by atoms with Crippen molar-refractivity contribution in [1.29, 1.82) is 0 Å². The highest BCUT2D eigenvalue weighted by molar-refractivity contribution is 9.10. The molecule has 2 N–H and O–H groups in total. The van der Waals surface area contributed by atoms with Crippen LogP contribution in [0, 0.1) is 0 Å². The Hall–Kier alpha value is -2.13. The summed E-state index contributed by atoms with van der Waals surface area (Å²) in [7, 11) is -3.81. The van der Waals surface area contributed by atoms with Gasteiger partial charge >= 0.3 is 0 Å². The fourth-order valence-electron chi connectivity index (χ4n) is 2.48. The van der Waals surface area contributed by atoms with Crippen molar-refractivity contribution in [2.75, 3.05) is 5.32 Å². The molecule has 0 saturated carbocycles. The van der Waals surface area contributed by atoms with Gasteiger partial charge in [-0.1, -0.05) is 58.0 Å². The molecule has 0 bridgehead atoms. The molecule has 3 aromatic rings. The molecule has 3 aromatic carbocycles. The Kier molecular flexibility index (Phi) is 7.13. The van der Waals surface area contributed by atoms with Gasteiger partial charge in [-0.25, -0.2) is 8.42 Å². The molecule has 0 aliphatic rings. The van der Waals surface area contributed by atoms with E-state index in [1.165, 1.54) is 30.8 Å². The molecule has 5 nitrogen and oxygen atoms in total. The average molecular weight is 491 g/mol. The van der Waals surface area contributed by atoms with Crippen LogP contribution in [0.3, 0.4) is 0 Å². The maximum Gasteiger partial charge on any atom is 0.242 e. The summed E-state index contributed by atoms with van der Waals surface area (Å²) in [5.41, 5.74) is 0.626. The van der Waals surface area contributed by atoms with Crippen molar-refractivity contribution in [3.8, 4) is 0 Å². The first kappa shape index (κ1) is 21.6. The molecule has 0 saturated heterocycles. The Balaban J connectivity index is 1.71. The molecule has 0 fully saturated rings. The maximum atomic E-state index is 12.6. The molecular weight excluding hydrogens is 472 g/mol. The maximum absolute atomic E-state index is 12.6. The highest BCUT2D eigenvalue weighted by atomic mass is 79.9. The van der Waals surface area contributed by atoms with E-state index in [2.05, 4.69) is 26.0 Å². The van der Waals surface area contributed by atoms with E-state index in [0.717, 1.165) is 14.3 Å². The third kappa shape index (κ3) is 5.93. The van der Waals surface area contributed by atoms with Gasteiger partial charge in [0.05, 0.1) is 16.6 Å². The molecule has 0 aromatic heterocycles. The quantitative estimate of drug-likeness (QED) is 0.493. The number of carbonyl (C=O) groups excluding carboxylic acids is 1. The number of hydrogen-bond acceptors (Lipinski definition) is 4. The number of sulfonamides is 1. The minimum absolute atomic E-state index is 0.0976. The van der Waals surface area contributed by atoms with E-state index in [0.29, 0.717) is 5.69 Å². The number of hydrogen-bond donors (Lipinski definition) is 2. The minimum atomic E-state index is -3.81. The van der Waals surface area contributed by atoms with Crippen LogP contribution in [0.5, 0.6) is 0 Å². The standard InChI is InChI=1S/C21H19BrN2O3S2/c1-15(24-29(26,27)18-13-11-16(22)12-14-18)21(25)23-19-9-5-6-10-20(19)28-17-7-3-2-4-8-17/h2-15,24H,1H3,(H,23,25)/t15-/m1/s1. The van der Waals surface area contributed by atoms with Crippen LogP contribution < -0.4 is 10.0 Å². The Morgan fingerprint density at radius 2 is 1.55 bits per heavy atom. The zero-order valence-corrected chi connectivity index (χ0v) is 18.7. The topological polar surface area (TPSA) is 75.3 Å². The summed E-state index contributed by atoms with van der Waals surface area (Å²) in [5, 5.41) is 2.82. The van der Waals surface area contributed by atoms with Gasteiger partial charge < -0.3 is 5.32 Å². The molecule has 3 rings (SSSR count). The highest BCUT2D eigenvalue weighted by Crippen LogP contribution is 2.33. The lowest BCUT2D eigenvalue weighted by Crippen LogP contribution is -2.41. The lowest BCUT2D eigenvalue weighted by atomic mass is 10.3. The minimum Gasteiger partial charge on any atom is -0.324 e. The van der Waals surface area contributed by atoms with Gasteiger partial charge in [0.1, 0.15) is 0 Å². The van der Waals surface area contributed by atoms with Crippen LogP contribution in [-0.2, 0) is 14.8 Å². The average Bonchev–Trinajstić information content (AvgIpc) is 2.70. The van der Waals surface area contributed by atoms with E-state index in [-0.39, 0.29) is 4.90 Å². The summed E-state index contributed by atoms with van der Waals surface area (Å²) < 4.78 is 28.2. The molecule has 0 heterocycles. The van der Waals surface area contributed by atoms with Crippen molar-refractivity contribution < 1.29 is 13.2 Å². The van der Waals surface area contributed by atoms with Crippen LogP contribution in [0.1, 0.15) is 6.92 Å². The van der Waals surface area contributed by atoms with Crippen LogP contribution in [0.4, 0.5) is 5.69 Å². The molecular formula is C21H19BrN2O3S2. The summed E-state index contributed by atoms with van der Waals surface area (Å²) in [4.78, 5) is 14.6. The summed E-state index contributed by atoms with van der Waals surface area (Å²) in [6, 6.07) is 22.5. The number of amides is 1. The van der Waals surface area contributed by atoms with Crippen molar-refractivity contribution in [3.05, 3.63) is 83.3 Å². The first-order valence-electron chi connectivity index (χ1n) is 8.76. The van der Waals surface area contributed by atoms with Crippen LogP contribution in [-0.4, -0.2) is 20.4 Å². The third-order valence-electron chi connectivity index (χ3n) is 3.97. The largest absolute Gasteiger partial charge is 0.324 e. The first-order chi connectivity index (χ1) is 13.8. The van der Waals surface area contributed by atoms with Crippen molar-refractivity contribution in [3.63, 3.8) is 0 Å². The lowest BCUT2D eigenvalue weighted by molar-refractivity contribution is -0.117. The van der Waals surface area contributed by atoms with Crippen LogP contribution in [0.15, 0.2) is 98.0 Å². The zero-order chi connectivity index (χ0) is 20.9. The number of rotatable bonds is 7. The summed E-state index contributed by atoms with van der Waals surface area (Å²) in [5.74, 6) is -0.438. The van der Waals surface area contributed by atoms with Crippen molar-refractivity contribution in [1.82, 2.24) is 4.72 Å². The smallest absolute Gasteiger partial charge is 0.242 e. The number of halogens is 1. The fourth-order valence-corrected chi connectivity index (χ4v) is 4.87. The van der Waals surface area contributed by atoms with Gasteiger partial charge in [-0.15, -0.1) is 0 Å². The second-order valence-corrected chi connectivity index (χ2v) is 9.94. The molecule has 1 atom stereocenters. The van der Waals surface area contributed by atoms with Gasteiger partial charge in [-0.2, -0.15) is 4.72 Å². The zero-order valence-electron chi connectivity index (χ0n) is 15.5. The van der Waals surface area contributed by atoms with E-state index in [1.807, 2.05) is 48.5 Å². The lowest BCUT2D eigenvalue weighted by Gasteiger charge is -2.16. The molecule has 8 heteroatoms. The van der Waals surface area contributed by atoms with E-state index >= 15 is 0 Å². The predicted molar refractivity (Wildman–Crippen MR) is 120 cm³/mol. The SMILES string of the molecule is C[C@@H](NS(=O)(=O)c1ccc(Br)cc1)C(=O)Nc1ccccc1Sc1ccccc1. The van der Waals surface area contributed by atoms with Crippen LogP contribution in [0.2, 0.25) is 0 Å². The molecule has 150 valence electrons. The van der Waals surface area contributed by atoms with E-state index < -0.39 is 22.0 Å². The summed E-state index contributed by atoms with van der Waals surface area (Å²) in [6.45, 7) is 1.51. The Morgan fingerprint density at radius 3 is 2.24 bits per heavy atom. The Morgan fingerprint density at radius 1 is 0.931 bits per heavy atom. The third-order valence-corrected chi connectivity index (χ3v) is 7.13. The number of para-hydroxylation sites is 1. The number of carbonyl (C=O) groups is 1. The van der Waals surface area contributed by atoms with Gasteiger partial charge in [0.25, 0.3) is 0 Å². The van der Waals surface area contributed by atoms with Gasteiger partial charge in [-0.3, -0.25) is 4.79 Å². The normalized spacial score (nSPS) is 12.3. The van der Waals surface area contributed by atoms with Gasteiger partial charge in [0.2, 0.25) is 15.9 Å². The van der Waals surface area contributed by atoms with E-state index in [1.54, 1.807) is 18.2 Å². The second kappa shape index (κ2) is 9.58.